The summed E-state index contributed by atoms with van der Waals surface area (Å²) in [5.74, 6) is 0.701. The van der Waals surface area contributed by atoms with E-state index in [-0.39, 0.29) is 11.7 Å². The molecular weight excluding hydrogens is 288 g/mol. The molecule has 5 heteroatoms. The first-order valence-corrected chi connectivity index (χ1v) is 7.02. The summed E-state index contributed by atoms with van der Waals surface area (Å²) in [5, 5.41) is 8.86. The molecule has 0 spiro atoms. The molecule has 3 aromatic rings. The highest BCUT2D eigenvalue weighted by Gasteiger charge is 2.25. The van der Waals surface area contributed by atoms with Crippen molar-refractivity contribution in [3.8, 4) is 5.75 Å². The Morgan fingerprint density at radius 2 is 2.00 bits per heavy atom. The van der Waals surface area contributed by atoms with Gasteiger partial charge in [0.2, 0.25) is 0 Å². The molecule has 0 fully saturated rings. The first kappa shape index (κ1) is 12.4. The Morgan fingerprint density at radius 3 is 2.81 bits per heavy atom. The average Bonchev–Trinajstić information content (AvgIpc) is 2.51. The van der Waals surface area contributed by atoms with E-state index >= 15 is 0 Å². The quantitative estimate of drug-likeness (QED) is 0.750. The van der Waals surface area contributed by atoms with Crippen LogP contribution in [0.4, 0.5) is 0 Å². The predicted octanol–water partition coefficient (Wildman–Crippen LogP) is 3.25. The van der Waals surface area contributed by atoms with Crippen LogP contribution in [0.1, 0.15) is 17.4 Å². The molecule has 1 aliphatic rings. The van der Waals surface area contributed by atoms with Crippen LogP contribution in [0.25, 0.3) is 10.8 Å². The predicted molar refractivity (Wildman–Crippen MR) is 80.9 cm³/mol. The number of aromatic amines is 1. The van der Waals surface area contributed by atoms with Gasteiger partial charge in [-0.05, 0) is 29.8 Å². The maximum atomic E-state index is 11.8. The molecule has 104 valence electrons. The topological polar surface area (TPSA) is 55.0 Å². The van der Waals surface area contributed by atoms with Crippen LogP contribution < -0.4 is 10.3 Å². The molecule has 0 amide bonds. The molecule has 0 bridgehead atoms. The molecule has 1 aromatic heterocycles. The second-order valence-corrected chi connectivity index (χ2v) is 5.48. The third kappa shape index (κ3) is 1.99. The first-order valence-electron chi connectivity index (χ1n) is 6.65. The van der Waals surface area contributed by atoms with Gasteiger partial charge in [0.25, 0.3) is 5.56 Å². The van der Waals surface area contributed by atoms with Gasteiger partial charge in [0.1, 0.15) is 11.9 Å². The maximum absolute atomic E-state index is 11.8. The lowest BCUT2D eigenvalue weighted by molar-refractivity contribution is 0.200. The zero-order valence-electron chi connectivity index (χ0n) is 11.0. The second kappa shape index (κ2) is 4.60. The van der Waals surface area contributed by atoms with E-state index in [0.717, 1.165) is 16.6 Å². The molecule has 1 unspecified atom stereocenters. The van der Waals surface area contributed by atoms with Gasteiger partial charge < -0.3 is 4.74 Å². The van der Waals surface area contributed by atoms with Crippen molar-refractivity contribution in [2.45, 2.75) is 12.5 Å². The van der Waals surface area contributed by atoms with E-state index < -0.39 is 0 Å². The number of hydrogen-bond donors (Lipinski definition) is 1. The summed E-state index contributed by atoms with van der Waals surface area (Å²) in [7, 11) is 0. The summed E-state index contributed by atoms with van der Waals surface area (Å²) in [6.07, 6.45) is 0.491. The minimum atomic E-state index is -0.191. The molecule has 2 aromatic carbocycles. The van der Waals surface area contributed by atoms with Gasteiger partial charge in [0, 0.05) is 11.4 Å². The van der Waals surface area contributed by atoms with Crippen molar-refractivity contribution in [1.29, 1.82) is 0 Å². The lowest BCUT2D eigenvalue weighted by atomic mass is 9.98. The van der Waals surface area contributed by atoms with E-state index in [0.29, 0.717) is 22.6 Å². The summed E-state index contributed by atoms with van der Waals surface area (Å²) >= 11 is 5.92. The highest BCUT2D eigenvalue weighted by molar-refractivity contribution is 6.30. The average molecular weight is 299 g/mol. The Morgan fingerprint density at radius 1 is 1.19 bits per heavy atom. The van der Waals surface area contributed by atoms with Crippen LogP contribution in [-0.2, 0) is 6.42 Å². The lowest BCUT2D eigenvalue weighted by Gasteiger charge is -2.25. The van der Waals surface area contributed by atoms with Gasteiger partial charge in [-0.3, -0.25) is 4.79 Å². The fraction of sp³-hybridized carbons (Fsp3) is 0.125. The smallest absolute Gasteiger partial charge is 0.272 e. The van der Waals surface area contributed by atoms with Crippen LogP contribution in [0.2, 0.25) is 5.02 Å². The summed E-state index contributed by atoms with van der Waals surface area (Å²) in [5.41, 5.74) is 1.70. The van der Waals surface area contributed by atoms with Gasteiger partial charge in [0.05, 0.1) is 16.5 Å². The Labute approximate surface area is 125 Å². The summed E-state index contributed by atoms with van der Waals surface area (Å²) in [6, 6.07) is 13.1. The van der Waals surface area contributed by atoms with Crippen molar-refractivity contribution < 1.29 is 4.74 Å². The standard InChI is InChI=1S/C16H11ClN2O2/c17-10-6-4-9(5-7-10)14-8-12-15-11(16(20)19-18-12)2-1-3-13(15)21-14/h1-7,14H,8H2,(H,19,20). The lowest BCUT2D eigenvalue weighted by Crippen LogP contribution is -2.20. The highest BCUT2D eigenvalue weighted by Crippen LogP contribution is 2.37. The van der Waals surface area contributed by atoms with Crippen molar-refractivity contribution in [3.05, 3.63) is 69.1 Å². The van der Waals surface area contributed by atoms with Crippen molar-refractivity contribution in [3.63, 3.8) is 0 Å². The molecule has 2 heterocycles. The Hall–Kier alpha value is -2.33. The molecule has 0 saturated carbocycles. The number of nitrogens with one attached hydrogen (secondary N) is 1. The molecule has 1 N–H and O–H groups in total. The molecule has 0 radical (unpaired) electrons. The first-order chi connectivity index (χ1) is 10.2. The number of hydrogen-bond acceptors (Lipinski definition) is 3. The van der Waals surface area contributed by atoms with Gasteiger partial charge in [0.15, 0.2) is 0 Å². The molecule has 0 aliphatic carbocycles. The maximum Gasteiger partial charge on any atom is 0.272 e. The van der Waals surface area contributed by atoms with E-state index in [1.54, 1.807) is 6.07 Å². The van der Waals surface area contributed by atoms with E-state index in [4.69, 9.17) is 16.3 Å². The number of aromatic nitrogens is 2. The molecule has 0 saturated heterocycles. The van der Waals surface area contributed by atoms with Crippen LogP contribution in [0.15, 0.2) is 47.3 Å². The number of nitrogens with zero attached hydrogens (tertiary/aromatic N) is 1. The van der Waals surface area contributed by atoms with Gasteiger partial charge in [-0.1, -0.05) is 29.8 Å². The molecular formula is C16H11ClN2O2. The number of halogens is 1. The zero-order valence-corrected chi connectivity index (χ0v) is 11.7. The summed E-state index contributed by atoms with van der Waals surface area (Å²) in [6.45, 7) is 0. The molecule has 21 heavy (non-hydrogen) atoms. The monoisotopic (exact) mass is 298 g/mol. The minimum Gasteiger partial charge on any atom is -0.485 e. The van der Waals surface area contributed by atoms with E-state index in [9.17, 15) is 4.79 Å². The third-order valence-corrected chi connectivity index (χ3v) is 3.99. The van der Waals surface area contributed by atoms with Gasteiger partial charge in [-0.25, -0.2) is 5.10 Å². The zero-order chi connectivity index (χ0) is 14.4. The van der Waals surface area contributed by atoms with E-state index in [1.807, 2.05) is 36.4 Å². The van der Waals surface area contributed by atoms with Gasteiger partial charge in [-0.15, -0.1) is 0 Å². The third-order valence-electron chi connectivity index (χ3n) is 3.74. The van der Waals surface area contributed by atoms with E-state index in [1.165, 1.54) is 0 Å². The number of ether oxygens (including phenoxy) is 1. The highest BCUT2D eigenvalue weighted by atomic mass is 35.5. The Kier molecular flexibility index (Phi) is 2.72. The van der Waals surface area contributed by atoms with Crippen LogP contribution in [0, 0.1) is 0 Å². The fourth-order valence-corrected chi connectivity index (χ4v) is 2.86. The Bertz CT molecular complexity index is 875. The molecule has 1 aliphatic heterocycles. The molecule has 1 atom stereocenters. The van der Waals surface area contributed by atoms with Crippen LogP contribution in [0.5, 0.6) is 5.75 Å². The summed E-state index contributed by atoms with van der Waals surface area (Å²) in [4.78, 5) is 11.8. The van der Waals surface area contributed by atoms with Gasteiger partial charge >= 0.3 is 0 Å². The van der Waals surface area contributed by atoms with Crippen LogP contribution >= 0.6 is 11.6 Å². The van der Waals surface area contributed by atoms with Crippen LogP contribution in [0.3, 0.4) is 0 Å². The fourth-order valence-electron chi connectivity index (χ4n) is 2.73. The Balaban J connectivity index is 1.84. The molecule has 4 rings (SSSR count). The molecule has 4 nitrogen and oxygen atoms in total. The van der Waals surface area contributed by atoms with Crippen molar-refractivity contribution in [2.24, 2.45) is 0 Å². The van der Waals surface area contributed by atoms with Crippen molar-refractivity contribution in [1.82, 2.24) is 10.2 Å². The number of benzene rings is 2. The van der Waals surface area contributed by atoms with Crippen LogP contribution in [-0.4, -0.2) is 10.2 Å². The minimum absolute atomic E-state index is 0.126. The SMILES string of the molecule is O=c1[nH]nc2c3c(cccc13)OC(c1ccc(Cl)cc1)C2. The summed E-state index contributed by atoms with van der Waals surface area (Å²) < 4.78 is 6.05. The second-order valence-electron chi connectivity index (χ2n) is 5.04. The normalized spacial score (nSPS) is 16.7. The van der Waals surface area contributed by atoms with Crippen molar-refractivity contribution >= 4 is 22.4 Å². The largest absolute Gasteiger partial charge is 0.485 e. The van der Waals surface area contributed by atoms with E-state index in [2.05, 4.69) is 10.2 Å². The van der Waals surface area contributed by atoms with Crippen molar-refractivity contribution in [2.75, 3.05) is 0 Å². The van der Waals surface area contributed by atoms with Gasteiger partial charge in [-0.2, -0.15) is 5.10 Å². The number of rotatable bonds is 1. The number of H-pyrrole nitrogens is 1.